The number of rotatable bonds is 3. The van der Waals surface area contributed by atoms with Gasteiger partial charge in [0.05, 0.1) is 12.1 Å². The maximum Gasteiger partial charge on any atom is 0.142 e. The zero-order chi connectivity index (χ0) is 10.7. The molecule has 0 aromatic heterocycles. The first kappa shape index (κ1) is 12.0. The molecule has 1 unspecified atom stereocenters. The van der Waals surface area contributed by atoms with E-state index in [-0.39, 0.29) is 6.04 Å². The second kappa shape index (κ2) is 5.12. The second-order valence-corrected chi connectivity index (χ2v) is 4.01. The van der Waals surface area contributed by atoms with Crippen LogP contribution in [-0.2, 0) is 0 Å². The lowest BCUT2D eigenvalue weighted by Crippen LogP contribution is -2.13. The Morgan fingerprint density at radius 3 is 2.64 bits per heavy atom. The van der Waals surface area contributed by atoms with Crippen LogP contribution in [0.1, 0.15) is 11.6 Å². The van der Waals surface area contributed by atoms with Gasteiger partial charge in [0.25, 0.3) is 0 Å². The zero-order valence-corrected chi connectivity index (χ0v) is 10.0. The van der Waals surface area contributed by atoms with E-state index in [9.17, 15) is 0 Å². The summed E-state index contributed by atoms with van der Waals surface area (Å²) in [5.41, 5.74) is 6.61. The summed E-state index contributed by atoms with van der Waals surface area (Å²) in [4.78, 5) is 0. The number of hydrogen-bond acceptors (Lipinski definition) is 3. The molecule has 0 spiro atoms. The van der Waals surface area contributed by atoms with Crippen molar-refractivity contribution < 1.29 is 4.74 Å². The van der Waals surface area contributed by atoms with Crippen molar-refractivity contribution in [1.29, 1.82) is 0 Å². The number of ether oxygens (including phenoxy) is 1. The Balaban J connectivity index is 3.24. The summed E-state index contributed by atoms with van der Waals surface area (Å²) in [6.45, 7) is 0. The Hall–Kier alpha value is -0.0900. The Bertz CT molecular complexity index is 333. The Morgan fingerprint density at radius 2 is 2.14 bits per heavy atom. The maximum atomic E-state index is 5.95. The molecule has 0 bridgehead atoms. The summed E-state index contributed by atoms with van der Waals surface area (Å²) in [7, 11) is 1.55. The molecule has 0 aliphatic heterocycles. The van der Waals surface area contributed by atoms with Gasteiger partial charge in [0, 0.05) is 22.4 Å². The minimum Gasteiger partial charge on any atom is -0.495 e. The molecule has 2 nitrogen and oxygen atoms in total. The van der Waals surface area contributed by atoms with Crippen molar-refractivity contribution in [3.05, 3.63) is 27.7 Å². The molecular formula is C9H11Cl2NOS. The van der Waals surface area contributed by atoms with Crippen LogP contribution in [0.3, 0.4) is 0 Å². The Morgan fingerprint density at radius 1 is 1.50 bits per heavy atom. The fourth-order valence-corrected chi connectivity index (χ4v) is 1.95. The molecule has 1 atom stereocenters. The third-order valence-electron chi connectivity index (χ3n) is 1.84. The number of hydrogen-bond donors (Lipinski definition) is 2. The van der Waals surface area contributed by atoms with Gasteiger partial charge in [-0.15, -0.1) is 0 Å². The fourth-order valence-electron chi connectivity index (χ4n) is 1.17. The average Bonchev–Trinajstić information content (AvgIpc) is 2.15. The highest BCUT2D eigenvalue weighted by Crippen LogP contribution is 2.35. The van der Waals surface area contributed by atoms with Crippen molar-refractivity contribution >= 4 is 35.8 Å². The van der Waals surface area contributed by atoms with Gasteiger partial charge in [0.1, 0.15) is 5.75 Å². The molecule has 0 aliphatic carbocycles. The smallest absolute Gasteiger partial charge is 0.142 e. The number of methoxy groups -OCH3 is 1. The van der Waals surface area contributed by atoms with Crippen LogP contribution < -0.4 is 10.5 Å². The minimum atomic E-state index is -0.232. The molecule has 5 heteroatoms. The van der Waals surface area contributed by atoms with E-state index in [0.29, 0.717) is 21.5 Å². The largest absolute Gasteiger partial charge is 0.495 e. The van der Waals surface area contributed by atoms with Gasteiger partial charge >= 0.3 is 0 Å². The number of halogens is 2. The molecule has 1 aromatic rings. The van der Waals surface area contributed by atoms with Crippen molar-refractivity contribution in [2.24, 2.45) is 5.73 Å². The van der Waals surface area contributed by atoms with Crippen molar-refractivity contribution in [3.63, 3.8) is 0 Å². The molecule has 0 heterocycles. The van der Waals surface area contributed by atoms with Crippen LogP contribution in [0.15, 0.2) is 12.1 Å². The van der Waals surface area contributed by atoms with Crippen molar-refractivity contribution in [1.82, 2.24) is 0 Å². The quantitative estimate of drug-likeness (QED) is 0.811. The van der Waals surface area contributed by atoms with E-state index in [1.54, 1.807) is 19.2 Å². The summed E-state index contributed by atoms with van der Waals surface area (Å²) in [5.74, 6) is 1.07. The van der Waals surface area contributed by atoms with Crippen LogP contribution in [0.5, 0.6) is 5.75 Å². The summed E-state index contributed by atoms with van der Waals surface area (Å²) in [6.07, 6.45) is 0. The lowest BCUT2D eigenvalue weighted by molar-refractivity contribution is 0.407. The molecule has 0 saturated heterocycles. The Kier molecular flexibility index (Phi) is 4.38. The maximum absolute atomic E-state index is 5.95. The first-order chi connectivity index (χ1) is 6.60. The van der Waals surface area contributed by atoms with Crippen LogP contribution in [0.4, 0.5) is 0 Å². The highest BCUT2D eigenvalue weighted by atomic mass is 35.5. The molecule has 0 aliphatic rings. The van der Waals surface area contributed by atoms with Crippen LogP contribution in [0, 0.1) is 0 Å². The van der Waals surface area contributed by atoms with E-state index in [0.717, 1.165) is 5.56 Å². The number of nitrogens with two attached hydrogens (primary N) is 1. The van der Waals surface area contributed by atoms with Crippen molar-refractivity contribution in [3.8, 4) is 5.75 Å². The average molecular weight is 252 g/mol. The first-order valence-corrected chi connectivity index (χ1v) is 5.38. The predicted molar refractivity (Wildman–Crippen MR) is 63.8 cm³/mol. The summed E-state index contributed by atoms with van der Waals surface area (Å²) in [6, 6.07) is 3.13. The van der Waals surface area contributed by atoms with Gasteiger partial charge in [-0.3, -0.25) is 0 Å². The van der Waals surface area contributed by atoms with Gasteiger partial charge in [0.15, 0.2) is 0 Å². The first-order valence-electron chi connectivity index (χ1n) is 3.99. The lowest BCUT2D eigenvalue weighted by atomic mass is 10.1. The van der Waals surface area contributed by atoms with E-state index < -0.39 is 0 Å². The van der Waals surface area contributed by atoms with Crippen LogP contribution in [0.2, 0.25) is 10.0 Å². The SMILES string of the molecule is COc1c(Cl)cc(Cl)cc1C(N)CS. The van der Waals surface area contributed by atoms with Crippen molar-refractivity contribution in [2.45, 2.75) is 6.04 Å². The third-order valence-corrected chi connectivity index (χ3v) is 2.73. The summed E-state index contributed by atoms with van der Waals surface area (Å²) < 4.78 is 5.15. The van der Waals surface area contributed by atoms with Gasteiger partial charge in [-0.2, -0.15) is 12.6 Å². The molecule has 1 aromatic carbocycles. The van der Waals surface area contributed by atoms with Crippen molar-refractivity contribution in [2.75, 3.05) is 12.9 Å². The van der Waals surface area contributed by atoms with E-state index in [1.165, 1.54) is 0 Å². The monoisotopic (exact) mass is 251 g/mol. The van der Waals surface area contributed by atoms with Crippen LogP contribution in [-0.4, -0.2) is 12.9 Å². The number of thiol groups is 1. The zero-order valence-electron chi connectivity index (χ0n) is 7.63. The highest BCUT2D eigenvalue weighted by molar-refractivity contribution is 7.80. The molecule has 1 rings (SSSR count). The van der Waals surface area contributed by atoms with Gasteiger partial charge in [0.2, 0.25) is 0 Å². The molecule has 0 fully saturated rings. The van der Waals surface area contributed by atoms with E-state index in [4.69, 9.17) is 33.7 Å². The molecule has 2 N–H and O–H groups in total. The van der Waals surface area contributed by atoms with Gasteiger partial charge in [-0.25, -0.2) is 0 Å². The fraction of sp³-hybridized carbons (Fsp3) is 0.333. The lowest BCUT2D eigenvalue weighted by Gasteiger charge is -2.15. The molecule has 0 saturated carbocycles. The molecule has 0 amide bonds. The van der Waals surface area contributed by atoms with Gasteiger partial charge in [-0.05, 0) is 12.1 Å². The molecule has 0 radical (unpaired) electrons. The molecular weight excluding hydrogens is 241 g/mol. The van der Waals surface area contributed by atoms with E-state index in [2.05, 4.69) is 12.6 Å². The van der Waals surface area contributed by atoms with Gasteiger partial charge < -0.3 is 10.5 Å². The number of benzene rings is 1. The Labute approximate surface area is 98.7 Å². The van der Waals surface area contributed by atoms with E-state index in [1.807, 2.05) is 0 Å². The minimum absolute atomic E-state index is 0.232. The van der Waals surface area contributed by atoms with E-state index >= 15 is 0 Å². The second-order valence-electron chi connectivity index (χ2n) is 2.80. The molecule has 78 valence electrons. The predicted octanol–water partition coefficient (Wildman–Crippen LogP) is 2.93. The molecule has 14 heavy (non-hydrogen) atoms. The normalized spacial score (nSPS) is 12.6. The summed E-state index contributed by atoms with van der Waals surface area (Å²) >= 11 is 15.9. The highest BCUT2D eigenvalue weighted by Gasteiger charge is 2.14. The summed E-state index contributed by atoms with van der Waals surface area (Å²) in [5, 5.41) is 1.01. The standard InChI is InChI=1S/C9H11Cl2NOS/c1-13-9-6(8(12)4-14)2-5(10)3-7(9)11/h2-3,8,14H,4,12H2,1H3. The third kappa shape index (κ3) is 2.48. The van der Waals surface area contributed by atoms with Gasteiger partial charge in [-0.1, -0.05) is 23.2 Å². The topological polar surface area (TPSA) is 35.2 Å². The van der Waals surface area contributed by atoms with Crippen LogP contribution in [0.25, 0.3) is 0 Å². The van der Waals surface area contributed by atoms with Crippen LogP contribution >= 0.6 is 35.8 Å².